The van der Waals surface area contributed by atoms with Gasteiger partial charge in [-0.25, -0.2) is 0 Å². The van der Waals surface area contributed by atoms with E-state index in [0.29, 0.717) is 0 Å². The predicted octanol–water partition coefficient (Wildman–Crippen LogP) is 2.72. The molecule has 1 radical (unpaired) electrons. The lowest BCUT2D eigenvalue weighted by Crippen LogP contribution is -1.96. The molecule has 0 amide bonds. The molecule has 1 saturated carbocycles. The van der Waals surface area contributed by atoms with E-state index in [2.05, 4.69) is 18.7 Å². The van der Waals surface area contributed by atoms with Crippen molar-refractivity contribution in [1.82, 2.24) is 0 Å². The Labute approximate surface area is 62.6 Å². The lowest BCUT2D eigenvalue weighted by atomic mass is 10.00. The highest BCUT2D eigenvalue weighted by molar-refractivity contribution is 5.20. The Morgan fingerprint density at radius 2 is 2.40 bits per heavy atom. The van der Waals surface area contributed by atoms with Gasteiger partial charge in [-0.2, -0.15) is 0 Å². The maximum atomic E-state index is 3.68. The normalized spacial score (nSPS) is 37.4. The second-order valence-corrected chi connectivity index (χ2v) is 3.43. The van der Waals surface area contributed by atoms with Gasteiger partial charge < -0.3 is 0 Å². The van der Waals surface area contributed by atoms with Gasteiger partial charge in [0.25, 0.3) is 0 Å². The molecule has 2 atom stereocenters. The summed E-state index contributed by atoms with van der Waals surface area (Å²) >= 11 is 0. The highest BCUT2D eigenvalue weighted by atomic mass is 14.3. The highest BCUT2D eigenvalue weighted by Gasteiger charge is 2.30. The Kier molecular flexibility index (Phi) is 1.40. The van der Waals surface area contributed by atoms with Gasteiger partial charge in [0.1, 0.15) is 0 Å². The maximum absolute atomic E-state index is 3.68. The molecule has 53 valence electrons. The zero-order chi connectivity index (χ0) is 6.97. The predicted molar refractivity (Wildman–Crippen MR) is 42.4 cm³/mol. The summed E-state index contributed by atoms with van der Waals surface area (Å²) in [6.07, 6.45) is 10.9. The minimum atomic E-state index is 0.893. The van der Waals surface area contributed by atoms with Crippen molar-refractivity contribution in [2.45, 2.75) is 25.7 Å². The molecule has 0 spiro atoms. The van der Waals surface area contributed by atoms with Crippen LogP contribution in [0.25, 0.3) is 0 Å². The Hall–Kier alpha value is -0.520. The lowest BCUT2D eigenvalue weighted by molar-refractivity contribution is 0.493. The van der Waals surface area contributed by atoms with Gasteiger partial charge in [0, 0.05) is 0 Å². The summed E-state index contributed by atoms with van der Waals surface area (Å²) in [5, 5.41) is 0. The van der Waals surface area contributed by atoms with Crippen LogP contribution in [0, 0.1) is 17.9 Å². The second kappa shape index (κ2) is 2.26. The van der Waals surface area contributed by atoms with E-state index in [9.17, 15) is 0 Å². The first-order chi connectivity index (χ1) is 4.90. The molecule has 2 rings (SSSR count). The topological polar surface area (TPSA) is 0 Å². The van der Waals surface area contributed by atoms with Crippen LogP contribution in [0.2, 0.25) is 0 Å². The molecule has 0 aromatic carbocycles. The Morgan fingerprint density at radius 1 is 1.50 bits per heavy atom. The van der Waals surface area contributed by atoms with Gasteiger partial charge in [-0.3, -0.25) is 0 Å². The van der Waals surface area contributed by atoms with E-state index in [1.165, 1.54) is 31.3 Å². The summed E-state index contributed by atoms with van der Waals surface area (Å²) in [6.45, 7) is 3.68. The van der Waals surface area contributed by atoms with Crippen molar-refractivity contribution >= 4 is 0 Å². The number of hydrogen-bond acceptors (Lipinski definition) is 0. The van der Waals surface area contributed by atoms with Crippen molar-refractivity contribution in [2.24, 2.45) is 11.8 Å². The summed E-state index contributed by atoms with van der Waals surface area (Å²) in [5.41, 5.74) is 1.37. The fourth-order valence-corrected chi connectivity index (χ4v) is 2.28. The monoisotopic (exact) mass is 133 g/mol. The number of fused-ring (bicyclic) bond motifs is 1. The molecule has 0 bridgehead atoms. The SMILES string of the molecule is C=[C]C1=CC2CCCC2C1. The molecular formula is C10H13. The van der Waals surface area contributed by atoms with E-state index >= 15 is 0 Å². The van der Waals surface area contributed by atoms with Crippen LogP contribution in [0.3, 0.4) is 0 Å². The molecule has 0 saturated heterocycles. The van der Waals surface area contributed by atoms with Gasteiger partial charge in [-0.1, -0.05) is 19.1 Å². The fourth-order valence-electron chi connectivity index (χ4n) is 2.28. The molecule has 0 heterocycles. The average Bonchev–Trinajstić information content (AvgIpc) is 2.42. The summed E-state index contributed by atoms with van der Waals surface area (Å²) < 4.78 is 0. The van der Waals surface area contributed by atoms with Gasteiger partial charge in [0.05, 0.1) is 0 Å². The first-order valence-corrected chi connectivity index (χ1v) is 4.14. The molecule has 10 heavy (non-hydrogen) atoms. The zero-order valence-corrected chi connectivity index (χ0v) is 6.27. The third-order valence-electron chi connectivity index (χ3n) is 2.84. The molecule has 0 N–H and O–H groups in total. The van der Waals surface area contributed by atoms with Crippen LogP contribution in [-0.4, -0.2) is 0 Å². The van der Waals surface area contributed by atoms with Crippen molar-refractivity contribution in [3.05, 3.63) is 24.3 Å². The number of rotatable bonds is 1. The largest absolute Gasteiger partial charge is 0.0909 e. The zero-order valence-electron chi connectivity index (χ0n) is 6.27. The van der Waals surface area contributed by atoms with E-state index in [1.807, 2.05) is 0 Å². The van der Waals surface area contributed by atoms with Crippen molar-refractivity contribution in [1.29, 1.82) is 0 Å². The molecule has 2 unspecified atom stereocenters. The maximum Gasteiger partial charge on any atom is -0.0196 e. The van der Waals surface area contributed by atoms with Crippen LogP contribution in [0.4, 0.5) is 0 Å². The lowest BCUT2D eigenvalue weighted by Gasteiger charge is -2.05. The third-order valence-corrected chi connectivity index (χ3v) is 2.84. The summed E-state index contributed by atoms with van der Waals surface area (Å²) in [4.78, 5) is 0. The van der Waals surface area contributed by atoms with E-state index in [0.717, 1.165) is 11.8 Å². The molecule has 2 aliphatic rings. The minimum absolute atomic E-state index is 0.893. The van der Waals surface area contributed by atoms with Crippen LogP contribution in [0.5, 0.6) is 0 Å². The van der Waals surface area contributed by atoms with Crippen LogP contribution >= 0.6 is 0 Å². The van der Waals surface area contributed by atoms with Crippen LogP contribution < -0.4 is 0 Å². The first-order valence-electron chi connectivity index (χ1n) is 4.14. The summed E-state index contributed by atoms with van der Waals surface area (Å²) in [5.74, 6) is 1.86. The van der Waals surface area contributed by atoms with Gasteiger partial charge >= 0.3 is 0 Å². The average molecular weight is 133 g/mol. The second-order valence-electron chi connectivity index (χ2n) is 3.43. The molecule has 0 heteroatoms. The molecule has 0 aromatic rings. The fraction of sp³-hybridized carbons (Fsp3) is 0.600. The Bertz CT molecular complexity index is 176. The molecule has 1 fully saturated rings. The molecular weight excluding hydrogens is 120 g/mol. The van der Waals surface area contributed by atoms with E-state index in [4.69, 9.17) is 0 Å². The Morgan fingerprint density at radius 3 is 3.10 bits per heavy atom. The van der Waals surface area contributed by atoms with Gasteiger partial charge in [0.15, 0.2) is 0 Å². The number of hydrogen-bond donors (Lipinski definition) is 0. The highest BCUT2D eigenvalue weighted by Crippen LogP contribution is 2.42. The minimum Gasteiger partial charge on any atom is -0.0909 e. The first kappa shape index (κ1) is 6.21. The van der Waals surface area contributed by atoms with Crippen molar-refractivity contribution in [3.63, 3.8) is 0 Å². The van der Waals surface area contributed by atoms with Gasteiger partial charge in [0.2, 0.25) is 0 Å². The Balaban J connectivity index is 2.13. The van der Waals surface area contributed by atoms with Crippen molar-refractivity contribution < 1.29 is 0 Å². The van der Waals surface area contributed by atoms with E-state index in [-0.39, 0.29) is 0 Å². The molecule has 0 nitrogen and oxygen atoms in total. The van der Waals surface area contributed by atoms with Crippen LogP contribution in [-0.2, 0) is 0 Å². The molecule has 2 aliphatic carbocycles. The van der Waals surface area contributed by atoms with Crippen LogP contribution in [0.1, 0.15) is 25.7 Å². The van der Waals surface area contributed by atoms with Gasteiger partial charge in [-0.15, -0.1) is 0 Å². The summed E-state index contributed by atoms with van der Waals surface area (Å²) in [6, 6.07) is 0. The smallest absolute Gasteiger partial charge is 0.0196 e. The molecule has 0 aliphatic heterocycles. The third kappa shape index (κ3) is 0.828. The van der Waals surface area contributed by atoms with Crippen LogP contribution in [0.15, 0.2) is 18.2 Å². The summed E-state index contributed by atoms with van der Waals surface area (Å²) in [7, 11) is 0. The van der Waals surface area contributed by atoms with Crippen molar-refractivity contribution in [2.75, 3.05) is 0 Å². The van der Waals surface area contributed by atoms with E-state index in [1.54, 1.807) is 0 Å². The molecule has 0 aromatic heterocycles. The standard InChI is InChI=1S/C10H13/c1-2-8-6-9-4-3-5-10(9)7-8/h6,9-10H,1,3-5,7H2. The number of allylic oxidation sites excluding steroid dienone is 3. The van der Waals surface area contributed by atoms with Crippen molar-refractivity contribution in [3.8, 4) is 0 Å². The van der Waals surface area contributed by atoms with E-state index < -0.39 is 0 Å². The quantitative estimate of drug-likeness (QED) is 0.516. The van der Waals surface area contributed by atoms with Gasteiger partial charge in [-0.05, 0) is 42.7 Å².